The summed E-state index contributed by atoms with van der Waals surface area (Å²) in [5.74, 6) is -0.150. The van der Waals surface area contributed by atoms with Crippen LogP contribution in [0.3, 0.4) is 0 Å². The molecule has 0 aromatic carbocycles. The van der Waals surface area contributed by atoms with Crippen LogP contribution in [0.25, 0.3) is 0 Å². The fraction of sp³-hybridized carbons (Fsp3) is 0.857. The van der Waals surface area contributed by atoms with Crippen molar-refractivity contribution in [3.05, 3.63) is 0 Å². The van der Waals surface area contributed by atoms with Gasteiger partial charge in [0.1, 0.15) is 6.04 Å². The molecular weight excluding hydrogens is 244 g/mol. The molecular formula is C14H24N2O3. The van der Waals surface area contributed by atoms with Gasteiger partial charge in [0.25, 0.3) is 0 Å². The fourth-order valence-corrected chi connectivity index (χ4v) is 3.16. The summed E-state index contributed by atoms with van der Waals surface area (Å²) in [6.07, 6.45) is 6.91. The van der Waals surface area contributed by atoms with Crippen molar-refractivity contribution in [2.24, 2.45) is 5.92 Å². The number of aliphatic carboxylic acids is 1. The number of hydrogen-bond acceptors (Lipinski definition) is 2. The molecule has 0 aromatic rings. The molecule has 1 saturated carbocycles. The normalized spacial score (nSPS) is 31.8. The van der Waals surface area contributed by atoms with Crippen LogP contribution < -0.4 is 5.32 Å². The number of nitrogens with zero attached hydrogens (tertiary/aromatic N) is 1. The Morgan fingerprint density at radius 3 is 2.63 bits per heavy atom. The Kier molecular flexibility index (Phi) is 4.66. The van der Waals surface area contributed by atoms with E-state index in [1.54, 1.807) is 0 Å². The first-order chi connectivity index (χ1) is 9.08. The monoisotopic (exact) mass is 268 g/mol. The van der Waals surface area contributed by atoms with Gasteiger partial charge in [-0.25, -0.2) is 9.59 Å². The van der Waals surface area contributed by atoms with Crippen LogP contribution in [0.5, 0.6) is 0 Å². The van der Waals surface area contributed by atoms with Gasteiger partial charge >= 0.3 is 12.0 Å². The maximum atomic E-state index is 12.2. The Morgan fingerprint density at radius 2 is 1.89 bits per heavy atom. The fourth-order valence-electron chi connectivity index (χ4n) is 3.16. The maximum absolute atomic E-state index is 12.2. The minimum atomic E-state index is -0.887. The molecule has 2 N–H and O–H groups in total. The zero-order chi connectivity index (χ0) is 13.8. The summed E-state index contributed by atoms with van der Waals surface area (Å²) >= 11 is 0. The van der Waals surface area contributed by atoms with Crippen LogP contribution in [0.1, 0.15) is 51.9 Å². The highest BCUT2D eigenvalue weighted by Crippen LogP contribution is 2.23. The van der Waals surface area contributed by atoms with Crippen molar-refractivity contribution in [1.82, 2.24) is 10.2 Å². The highest BCUT2D eigenvalue weighted by atomic mass is 16.4. The lowest BCUT2D eigenvalue weighted by molar-refractivity contribution is -0.141. The first-order valence-corrected chi connectivity index (χ1v) is 7.38. The zero-order valence-corrected chi connectivity index (χ0v) is 11.6. The molecule has 1 heterocycles. The standard InChI is InChI=1S/C14H24N2O3/c1-10-4-2-5-11(8-7-10)15-14(19)16-9-3-6-12(16)13(17)18/h10-12H,2-9H2,1H3,(H,15,19)(H,17,18)/t10?,11?,12-/m0/s1. The third-order valence-corrected chi connectivity index (χ3v) is 4.38. The summed E-state index contributed by atoms with van der Waals surface area (Å²) in [6.45, 7) is 2.82. The van der Waals surface area contributed by atoms with Gasteiger partial charge < -0.3 is 15.3 Å². The summed E-state index contributed by atoms with van der Waals surface area (Å²) in [4.78, 5) is 24.7. The molecule has 1 aliphatic carbocycles. The number of hydrogen-bond donors (Lipinski definition) is 2. The van der Waals surface area contributed by atoms with Crippen LogP contribution in [-0.2, 0) is 4.79 Å². The van der Waals surface area contributed by atoms with E-state index in [1.165, 1.54) is 11.3 Å². The SMILES string of the molecule is CC1CCCC(NC(=O)N2CCC[C@H]2C(=O)O)CC1. The molecule has 0 radical (unpaired) electrons. The second kappa shape index (κ2) is 6.26. The van der Waals surface area contributed by atoms with E-state index in [4.69, 9.17) is 5.11 Å². The van der Waals surface area contributed by atoms with Crippen LogP contribution in [0.15, 0.2) is 0 Å². The van der Waals surface area contributed by atoms with E-state index in [0.29, 0.717) is 13.0 Å². The van der Waals surface area contributed by atoms with Gasteiger partial charge in [0, 0.05) is 12.6 Å². The number of likely N-dealkylation sites (tertiary alicyclic amines) is 1. The molecule has 108 valence electrons. The van der Waals surface area contributed by atoms with Gasteiger partial charge in [-0.1, -0.05) is 19.8 Å². The van der Waals surface area contributed by atoms with E-state index < -0.39 is 12.0 Å². The summed E-state index contributed by atoms with van der Waals surface area (Å²) in [5, 5.41) is 12.1. The number of urea groups is 1. The first-order valence-electron chi connectivity index (χ1n) is 7.38. The van der Waals surface area contributed by atoms with Crippen LogP contribution in [0.4, 0.5) is 4.79 Å². The first kappa shape index (κ1) is 14.2. The molecule has 0 aromatic heterocycles. The average Bonchev–Trinajstić information content (AvgIpc) is 2.77. The molecule has 2 fully saturated rings. The number of amides is 2. The molecule has 0 spiro atoms. The van der Waals surface area contributed by atoms with Crippen molar-refractivity contribution >= 4 is 12.0 Å². The van der Waals surface area contributed by atoms with E-state index in [0.717, 1.165) is 38.0 Å². The topological polar surface area (TPSA) is 69.6 Å². The van der Waals surface area contributed by atoms with Crippen molar-refractivity contribution in [1.29, 1.82) is 0 Å². The van der Waals surface area contributed by atoms with Gasteiger partial charge in [-0.15, -0.1) is 0 Å². The Hall–Kier alpha value is -1.26. The van der Waals surface area contributed by atoms with Gasteiger partial charge in [-0.2, -0.15) is 0 Å². The average molecular weight is 268 g/mol. The molecule has 1 aliphatic heterocycles. The quantitative estimate of drug-likeness (QED) is 0.754. The van der Waals surface area contributed by atoms with Gasteiger partial charge in [0.2, 0.25) is 0 Å². The van der Waals surface area contributed by atoms with Crippen LogP contribution in [-0.4, -0.2) is 40.6 Å². The van der Waals surface area contributed by atoms with Crippen LogP contribution in [0, 0.1) is 5.92 Å². The maximum Gasteiger partial charge on any atom is 0.326 e. The van der Waals surface area contributed by atoms with E-state index >= 15 is 0 Å². The second-order valence-corrected chi connectivity index (χ2v) is 5.95. The molecule has 5 nitrogen and oxygen atoms in total. The minimum Gasteiger partial charge on any atom is -0.480 e. The molecule has 2 amide bonds. The van der Waals surface area contributed by atoms with Gasteiger partial charge in [-0.05, 0) is 38.0 Å². The van der Waals surface area contributed by atoms with E-state index in [9.17, 15) is 9.59 Å². The lowest BCUT2D eigenvalue weighted by Gasteiger charge is -2.25. The molecule has 0 bridgehead atoms. The Morgan fingerprint density at radius 1 is 1.11 bits per heavy atom. The molecule has 2 rings (SSSR count). The van der Waals surface area contributed by atoms with Gasteiger partial charge in [0.15, 0.2) is 0 Å². The smallest absolute Gasteiger partial charge is 0.326 e. The van der Waals surface area contributed by atoms with E-state index in [2.05, 4.69) is 12.2 Å². The predicted molar refractivity (Wildman–Crippen MR) is 71.9 cm³/mol. The Labute approximate surface area is 114 Å². The lowest BCUT2D eigenvalue weighted by Crippen LogP contribution is -2.49. The van der Waals surface area contributed by atoms with Crippen molar-refractivity contribution < 1.29 is 14.7 Å². The molecule has 2 aliphatic rings. The van der Waals surface area contributed by atoms with Crippen molar-refractivity contribution in [2.75, 3.05) is 6.54 Å². The molecule has 2 unspecified atom stereocenters. The third kappa shape index (κ3) is 3.61. The largest absolute Gasteiger partial charge is 0.480 e. The summed E-state index contributed by atoms with van der Waals surface area (Å²) in [7, 11) is 0. The number of carboxylic acid groups (broad SMARTS) is 1. The zero-order valence-electron chi connectivity index (χ0n) is 11.6. The molecule has 1 saturated heterocycles. The molecule has 3 atom stereocenters. The highest BCUT2D eigenvalue weighted by Gasteiger charge is 2.34. The van der Waals surface area contributed by atoms with Gasteiger partial charge in [-0.3, -0.25) is 0 Å². The number of nitrogens with one attached hydrogen (secondary N) is 1. The van der Waals surface area contributed by atoms with Crippen molar-refractivity contribution in [3.8, 4) is 0 Å². The minimum absolute atomic E-state index is 0.190. The second-order valence-electron chi connectivity index (χ2n) is 5.95. The Bertz CT molecular complexity index is 346. The van der Waals surface area contributed by atoms with E-state index in [1.807, 2.05) is 0 Å². The van der Waals surface area contributed by atoms with Crippen LogP contribution in [0.2, 0.25) is 0 Å². The lowest BCUT2D eigenvalue weighted by atomic mass is 10.0. The Balaban J connectivity index is 1.88. The van der Waals surface area contributed by atoms with Gasteiger partial charge in [0.05, 0.1) is 0 Å². The summed E-state index contributed by atoms with van der Waals surface area (Å²) < 4.78 is 0. The highest BCUT2D eigenvalue weighted by molar-refractivity contribution is 5.83. The van der Waals surface area contributed by atoms with E-state index in [-0.39, 0.29) is 12.1 Å². The predicted octanol–water partition coefficient (Wildman–Crippen LogP) is 2.21. The van der Waals surface area contributed by atoms with Crippen molar-refractivity contribution in [3.63, 3.8) is 0 Å². The molecule has 19 heavy (non-hydrogen) atoms. The number of rotatable bonds is 2. The number of carboxylic acids is 1. The van der Waals surface area contributed by atoms with Crippen LogP contribution >= 0.6 is 0 Å². The third-order valence-electron chi connectivity index (χ3n) is 4.38. The summed E-state index contributed by atoms with van der Waals surface area (Å²) in [5.41, 5.74) is 0. The number of carbonyl (C=O) groups is 2. The number of carbonyl (C=O) groups excluding carboxylic acids is 1. The summed E-state index contributed by atoms with van der Waals surface area (Å²) in [6, 6.07) is -0.610. The molecule has 5 heteroatoms. The van der Waals surface area contributed by atoms with Crippen molar-refractivity contribution in [2.45, 2.75) is 64.0 Å².